The largest absolute Gasteiger partial charge is 0.469 e. The van der Waals surface area contributed by atoms with Crippen LogP contribution in [0, 0.1) is 5.92 Å². The molecule has 1 aliphatic heterocycles. The maximum atomic E-state index is 11.6. The van der Waals surface area contributed by atoms with Crippen LogP contribution in [0.2, 0.25) is 0 Å². The quantitative estimate of drug-likeness (QED) is 0.815. The van der Waals surface area contributed by atoms with Crippen molar-refractivity contribution >= 4 is 22.4 Å². The average molecular weight is 288 g/mol. The molecule has 1 fully saturated rings. The van der Waals surface area contributed by atoms with Crippen molar-refractivity contribution in [1.29, 1.82) is 0 Å². The molecule has 1 unspecified atom stereocenters. The minimum Gasteiger partial charge on any atom is -0.469 e. The molecule has 20 heavy (non-hydrogen) atoms. The monoisotopic (exact) mass is 288 g/mol. The number of hydrogen-bond donors (Lipinski definition) is 0. The van der Waals surface area contributed by atoms with E-state index in [1.807, 2.05) is 18.2 Å². The maximum Gasteiger partial charge on any atom is 0.310 e. The van der Waals surface area contributed by atoms with Crippen LogP contribution in [0.25, 0.3) is 11.3 Å². The van der Waals surface area contributed by atoms with Gasteiger partial charge >= 0.3 is 5.97 Å². The number of nitrogens with zero attached hydrogens (tertiary/aromatic N) is 2. The highest BCUT2D eigenvalue weighted by Gasteiger charge is 2.30. The molecule has 2 aromatic rings. The Morgan fingerprint density at radius 1 is 1.40 bits per heavy atom. The van der Waals surface area contributed by atoms with Crippen LogP contribution >= 0.6 is 11.3 Å². The lowest BCUT2D eigenvalue weighted by molar-refractivity contribution is -0.144. The maximum absolute atomic E-state index is 11.6. The van der Waals surface area contributed by atoms with E-state index < -0.39 is 0 Å². The molecule has 3 rings (SSSR count). The van der Waals surface area contributed by atoms with Crippen molar-refractivity contribution in [3.63, 3.8) is 0 Å². The molecule has 0 amide bonds. The molecule has 4 nitrogen and oxygen atoms in total. The van der Waals surface area contributed by atoms with Crippen molar-refractivity contribution < 1.29 is 9.53 Å². The van der Waals surface area contributed by atoms with Crippen molar-refractivity contribution in [2.75, 3.05) is 25.1 Å². The lowest BCUT2D eigenvalue weighted by atomic mass is 10.1. The molecule has 5 heteroatoms. The van der Waals surface area contributed by atoms with Crippen LogP contribution in [-0.2, 0) is 9.53 Å². The number of esters is 1. The molecular formula is C15H16N2O2S. The Balaban J connectivity index is 1.74. The Bertz CT molecular complexity index is 597. The lowest BCUT2D eigenvalue weighted by Crippen LogP contribution is -2.23. The molecule has 1 aromatic carbocycles. The number of methoxy groups -OCH3 is 1. The van der Waals surface area contributed by atoms with E-state index in [4.69, 9.17) is 4.74 Å². The number of thiazole rings is 1. The molecule has 0 radical (unpaired) electrons. The van der Waals surface area contributed by atoms with Gasteiger partial charge in [0.05, 0.1) is 18.7 Å². The summed E-state index contributed by atoms with van der Waals surface area (Å²) in [5.74, 6) is -0.142. The van der Waals surface area contributed by atoms with Gasteiger partial charge in [-0.2, -0.15) is 0 Å². The Hall–Kier alpha value is -1.88. The molecule has 1 aromatic heterocycles. The van der Waals surface area contributed by atoms with E-state index in [1.165, 1.54) is 7.11 Å². The van der Waals surface area contributed by atoms with Gasteiger partial charge < -0.3 is 9.64 Å². The molecule has 0 spiro atoms. The lowest BCUT2D eigenvalue weighted by Gasteiger charge is -2.13. The van der Waals surface area contributed by atoms with E-state index in [0.29, 0.717) is 6.54 Å². The van der Waals surface area contributed by atoms with Gasteiger partial charge in [0.2, 0.25) is 0 Å². The number of carbonyl (C=O) groups excluding carboxylic acids is 1. The Kier molecular flexibility index (Phi) is 3.69. The molecule has 0 bridgehead atoms. The molecule has 1 atom stereocenters. The Labute approximate surface area is 122 Å². The van der Waals surface area contributed by atoms with Crippen molar-refractivity contribution in [3.05, 3.63) is 35.7 Å². The summed E-state index contributed by atoms with van der Waals surface area (Å²) in [5.41, 5.74) is 2.12. The first kappa shape index (κ1) is 13.1. The first-order valence-corrected chi connectivity index (χ1v) is 7.49. The molecule has 1 saturated heterocycles. The van der Waals surface area contributed by atoms with E-state index in [2.05, 4.69) is 27.4 Å². The predicted octanol–water partition coefficient (Wildman–Crippen LogP) is 2.81. The second kappa shape index (κ2) is 5.63. The first-order valence-electron chi connectivity index (χ1n) is 6.61. The van der Waals surface area contributed by atoms with E-state index in [9.17, 15) is 4.79 Å². The fourth-order valence-corrected chi connectivity index (χ4v) is 3.32. The summed E-state index contributed by atoms with van der Waals surface area (Å²) in [4.78, 5) is 18.4. The number of anilines is 1. The number of benzene rings is 1. The molecular weight excluding hydrogens is 272 g/mol. The first-order chi connectivity index (χ1) is 9.78. The Morgan fingerprint density at radius 3 is 2.95 bits per heavy atom. The van der Waals surface area contributed by atoms with Gasteiger partial charge in [-0.25, -0.2) is 4.98 Å². The molecule has 0 N–H and O–H groups in total. The van der Waals surface area contributed by atoms with Crippen LogP contribution in [0.15, 0.2) is 35.7 Å². The molecule has 1 aliphatic rings. The summed E-state index contributed by atoms with van der Waals surface area (Å²) in [6, 6.07) is 10.1. The van der Waals surface area contributed by atoms with Crippen LogP contribution in [0.5, 0.6) is 0 Å². The zero-order valence-electron chi connectivity index (χ0n) is 11.3. The standard InChI is InChI=1S/C15H16N2O2S/c1-19-14(18)12-7-8-17(9-12)15-16-13(10-20-15)11-5-3-2-4-6-11/h2-6,10,12H,7-9H2,1H3. The van der Waals surface area contributed by atoms with Crippen LogP contribution in [0.4, 0.5) is 5.13 Å². The van der Waals surface area contributed by atoms with Gasteiger partial charge in [0.1, 0.15) is 0 Å². The number of hydrogen-bond acceptors (Lipinski definition) is 5. The van der Waals surface area contributed by atoms with Gasteiger partial charge in [0.25, 0.3) is 0 Å². The van der Waals surface area contributed by atoms with Crippen LogP contribution in [0.1, 0.15) is 6.42 Å². The third kappa shape index (κ3) is 2.54. The SMILES string of the molecule is COC(=O)C1CCN(c2nc(-c3ccccc3)cs2)C1. The summed E-state index contributed by atoms with van der Waals surface area (Å²) in [6.07, 6.45) is 0.840. The van der Waals surface area contributed by atoms with E-state index in [-0.39, 0.29) is 11.9 Å². The van der Waals surface area contributed by atoms with Gasteiger partial charge in [-0.05, 0) is 6.42 Å². The fourth-order valence-electron chi connectivity index (χ4n) is 2.44. The number of aromatic nitrogens is 1. The van der Waals surface area contributed by atoms with E-state index >= 15 is 0 Å². The third-order valence-electron chi connectivity index (χ3n) is 3.55. The minimum absolute atomic E-state index is 0.0240. The normalized spacial score (nSPS) is 18.2. The second-order valence-electron chi connectivity index (χ2n) is 4.84. The van der Waals surface area contributed by atoms with E-state index in [1.54, 1.807) is 11.3 Å². The highest BCUT2D eigenvalue weighted by molar-refractivity contribution is 7.14. The van der Waals surface area contributed by atoms with Gasteiger partial charge in [-0.3, -0.25) is 4.79 Å². The number of carbonyl (C=O) groups is 1. The second-order valence-corrected chi connectivity index (χ2v) is 5.67. The fraction of sp³-hybridized carbons (Fsp3) is 0.333. The van der Waals surface area contributed by atoms with Crippen molar-refractivity contribution in [2.24, 2.45) is 5.92 Å². The zero-order valence-corrected chi connectivity index (χ0v) is 12.1. The van der Waals surface area contributed by atoms with E-state index in [0.717, 1.165) is 29.4 Å². The molecule has 2 heterocycles. The van der Waals surface area contributed by atoms with Gasteiger partial charge in [-0.1, -0.05) is 30.3 Å². The molecule has 104 valence electrons. The summed E-state index contributed by atoms with van der Waals surface area (Å²) >= 11 is 1.63. The zero-order chi connectivity index (χ0) is 13.9. The summed E-state index contributed by atoms with van der Waals surface area (Å²) in [6.45, 7) is 1.57. The van der Waals surface area contributed by atoms with Crippen LogP contribution in [0.3, 0.4) is 0 Å². The number of ether oxygens (including phenoxy) is 1. The van der Waals surface area contributed by atoms with Crippen LogP contribution < -0.4 is 4.90 Å². The summed E-state index contributed by atoms with van der Waals surface area (Å²) in [5, 5.41) is 3.05. The van der Waals surface area contributed by atoms with Gasteiger partial charge in [-0.15, -0.1) is 11.3 Å². The summed E-state index contributed by atoms with van der Waals surface area (Å²) < 4.78 is 4.81. The third-order valence-corrected chi connectivity index (χ3v) is 4.46. The highest BCUT2D eigenvalue weighted by Crippen LogP contribution is 2.31. The van der Waals surface area contributed by atoms with Gasteiger partial charge in [0.15, 0.2) is 5.13 Å². The predicted molar refractivity (Wildman–Crippen MR) is 79.9 cm³/mol. The van der Waals surface area contributed by atoms with Crippen molar-refractivity contribution in [2.45, 2.75) is 6.42 Å². The highest BCUT2D eigenvalue weighted by atomic mass is 32.1. The minimum atomic E-state index is -0.118. The Morgan fingerprint density at radius 2 is 2.20 bits per heavy atom. The molecule has 0 saturated carbocycles. The van der Waals surface area contributed by atoms with Crippen molar-refractivity contribution in [1.82, 2.24) is 4.98 Å². The van der Waals surface area contributed by atoms with Crippen molar-refractivity contribution in [3.8, 4) is 11.3 Å². The smallest absolute Gasteiger partial charge is 0.310 e. The summed E-state index contributed by atoms with van der Waals surface area (Å²) in [7, 11) is 1.45. The van der Waals surface area contributed by atoms with Gasteiger partial charge in [0, 0.05) is 24.0 Å². The van der Waals surface area contributed by atoms with Crippen LogP contribution in [-0.4, -0.2) is 31.2 Å². The number of rotatable bonds is 3. The average Bonchev–Trinajstić information content (AvgIpc) is 3.16. The topological polar surface area (TPSA) is 42.4 Å². The molecule has 0 aliphatic carbocycles.